The molecule has 1 aliphatic rings. The van der Waals surface area contributed by atoms with Crippen molar-refractivity contribution in [2.24, 2.45) is 0 Å². The monoisotopic (exact) mass is 203 g/mol. The maximum absolute atomic E-state index is 3.59. The Morgan fingerprint density at radius 2 is 1.87 bits per heavy atom. The second kappa shape index (κ2) is 4.36. The van der Waals surface area contributed by atoms with E-state index < -0.39 is 0 Å². The van der Waals surface area contributed by atoms with E-state index in [1.807, 2.05) is 0 Å². The van der Waals surface area contributed by atoms with Gasteiger partial charge in [0.1, 0.15) is 0 Å². The summed E-state index contributed by atoms with van der Waals surface area (Å²) in [5.41, 5.74) is 2.93. The Bertz CT molecular complexity index is 315. The van der Waals surface area contributed by atoms with Gasteiger partial charge in [-0.25, -0.2) is 0 Å². The highest BCUT2D eigenvalue weighted by molar-refractivity contribution is 5.27. The Labute approximate surface area is 92.9 Å². The van der Waals surface area contributed by atoms with Gasteiger partial charge in [0.15, 0.2) is 0 Å². The van der Waals surface area contributed by atoms with Gasteiger partial charge in [-0.2, -0.15) is 0 Å². The molecule has 0 radical (unpaired) electrons. The Balaban J connectivity index is 2.15. The Morgan fingerprint density at radius 1 is 1.20 bits per heavy atom. The Hall–Kier alpha value is -0.820. The van der Waals surface area contributed by atoms with Crippen LogP contribution in [0.25, 0.3) is 0 Å². The third-order valence-corrected chi connectivity index (χ3v) is 3.57. The van der Waals surface area contributed by atoms with Crippen LogP contribution in [0.2, 0.25) is 0 Å². The smallest absolute Gasteiger partial charge is 0.0110 e. The minimum Gasteiger partial charge on any atom is -0.311 e. The maximum Gasteiger partial charge on any atom is 0.0110 e. The van der Waals surface area contributed by atoms with E-state index in [4.69, 9.17) is 0 Å². The van der Waals surface area contributed by atoms with Crippen molar-refractivity contribution in [1.82, 2.24) is 5.32 Å². The average molecular weight is 203 g/mol. The number of rotatable bonds is 2. The fraction of sp³-hybridized carbons (Fsp3) is 0.571. The topological polar surface area (TPSA) is 12.0 Å². The molecule has 0 saturated carbocycles. The molecule has 1 N–H and O–H groups in total. The Kier molecular flexibility index (Phi) is 3.11. The van der Waals surface area contributed by atoms with Crippen LogP contribution in [-0.2, 0) is 6.42 Å². The van der Waals surface area contributed by atoms with Crippen LogP contribution in [0.5, 0.6) is 0 Å². The normalized spacial score (nSPS) is 30.7. The molecule has 1 saturated heterocycles. The number of nitrogens with one attached hydrogen (secondary N) is 1. The molecule has 15 heavy (non-hydrogen) atoms. The SMILES string of the molecule is CCc1ccc(C2CC(C)NC2C)cc1. The van der Waals surface area contributed by atoms with E-state index in [9.17, 15) is 0 Å². The van der Waals surface area contributed by atoms with Crippen molar-refractivity contribution in [2.45, 2.75) is 51.6 Å². The van der Waals surface area contributed by atoms with Crippen LogP contribution in [-0.4, -0.2) is 12.1 Å². The summed E-state index contributed by atoms with van der Waals surface area (Å²) in [5, 5.41) is 3.59. The average Bonchev–Trinajstić information content (AvgIpc) is 2.58. The van der Waals surface area contributed by atoms with Crippen LogP contribution in [0.1, 0.15) is 44.2 Å². The number of benzene rings is 1. The molecular weight excluding hydrogens is 182 g/mol. The number of aryl methyl sites for hydroxylation is 1. The highest BCUT2D eigenvalue weighted by atomic mass is 15.0. The van der Waals surface area contributed by atoms with E-state index in [2.05, 4.69) is 50.4 Å². The quantitative estimate of drug-likeness (QED) is 0.779. The predicted molar refractivity (Wildman–Crippen MR) is 65.2 cm³/mol. The van der Waals surface area contributed by atoms with Crippen LogP contribution in [0.4, 0.5) is 0 Å². The molecule has 1 aromatic carbocycles. The molecule has 1 aromatic rings. The van der Waals surface area contributed by atoms with Crippen molar-refractivity contribution in [3.8, 4) is 0 Å². The molecule has 3 atom stereocenters. The van der Waals surface area contributed by atoms with Crippen LogP contribution >= 0.6 is 0 Å². The molecule has 0 bridgehead atoms. The third-order valence-electron chi connectivity index (χ3n) is 3.57. The zero-order valence-electron chi connectivity index (χ0n) is 9.96. The van der Waals surface area contributed by atoms with Gasteiger partial charge in [-0.05, 0) is 37.8 Å². The van der Waals surface area contributed by atoms with E-state index in [1.165, 1.54) is 17.5 Å². The lowest BCUT2D eigenvalue weighted by atomic mass is 9.91. The van der Waals surface area contributed by atoms with Gasteiger partial charge in [-0.15, -0.1) is 0 Å². The van der Waals surface area contributed by atoms with Crippen LogP contribution in [0.3, 0.4) is 0 Å². The lowest BCUT2D eigenvalue weighted by Crippen LogP contribution is -2.26. The number of hydrogen-bond donors (Lipinski definition) is 1. The largest absolute Gasteiger partial charge is 0.311 e. The van der Waals surface area contributed by atoms with Crippen LogP contribution in [0.15, 0.2) is 24.3 Å². The molecule has 0 aliphatic carbocycles. The van der Waals surface area contributed by atoms with Crippen LogP contribution in [0, 0.1) is 0 Å². The molecule has 1 nitrogen and oxygen atoms in total. The minimum atomic E-state index is 0.618. The third kappa shape index (κ3) is 2.23. The van der Waals surface area contributed by atoms with Crippen molar-refractivity contribution < 1.29 is 0 Å². The highest BCUT2D eigenvalue weighted by Gasteiger charge is 2.28. The molecule has 3 unspecified atom stereocenters. The van der Waals surface area contributed by atoms with Gasteiger partial charge >= 0.3 is 0 Å². The van der Waals surface area contributed by atoms with Gasteiger partial charge < -0.3 is 5.32 Å². The van der Waals surface area contributed by atoms with Gasteiger partial charge in [0.05, 0.1) is 0 Å². The Morgan fingerprint density at radius 3 is 2.33 bits per heavy atom. The van der Waals surface area contributed by atoms with E-state index >= 15 is 0 Å². The lowest BCUT2D eigenvalue weighted by Gasteiger charge is -2.15. The predicted octanol–water partition coefficient (Wildman–Crippen LogP) is 3.10. The fourth-order valence-electron chi connectivity index (χ4n) is 2.64. The van der Waals surface area contributed by atoms with Gasteiger partial charge in [0.2, 0.25) is 0 Å². The van der Waals surface area contributed by atoms with Crippen molar-refractivity contribution in [3.63, 3.8) is 0 Å². The fourth-order valence-corrected chi connectivity index (χ4v) is 2.64. The van der Waals surface area contributed by atoms with Crippen molar-refractivity contribution >= 4 is 0 Å². The summed E-state index contributed by atoms with van der Waals surface area (Å²) >= 11 is 0. The first-order valence-corrected chi connectivity index (χ1v) is 6.05. The van der Waals surface area contributed by atoms with Gasteiger partial charge in [-0.3, -0.25) is 0 Å². The molecule has 82 valence electrons. The molecule has 0 amide bonds. The van der Waals surface area contributed by atoms with Crippen LogP contribution < -0.4 is 5.32 Å². The summed E-state index contributed by atoms with van der Waals surface area (Å²) in [4.78, 5) is 0. The lowest BCUT2D eigenvalue weighted by molar-refractivity contribution is 0.575. The van der Waals surface area contributed by atoms with Gasteiger partial charge in [0, 0.05) is 18.0 Å². The zero-order chi connectivity index (χ0) is 10.8. The molecule has 0 aromatic heterocycles. The van der Waals surface area contributed by atoms with Crippen molar-refractivity contribution in [1.29, 1.82) is 0 Å². The second-order valence-corrected chi connectivity index (χ2v) is 4.79. The molecule has 1 heteroatoms. The number of hydrogen-bond acceptors (Lipinski definition) is 1. The summed E-state index contributed by atoms with van der Waals surface area (Å²) in [6.45, 7) is 6.77. The maximum atomic E-state index is 3.59. The minimum absolute atomic E-state index is 0.618. The first kappa shape index (κ1) is 10.7. The van der Waals surface area contributed by atoms with Crippen molar-refractivity contribution in [3.05, 3.63) is 35.4 Å². The molecule has 1 fully saturated rings. The van der Waals surface area contributed by atoms with E-state index in [1.54, 1.807) is 0 Å². The summed E-state index contributed by atoms with van der Waals surface area (Å²) in [6.07, 6.45) is 2.40. The molecule has 1 aliphatic heterocycles. The second-order valence-electron chi connectivity index (χ2n) is 4.79. The van der Waals surface area contributed by atoms with E-state index in [-0.39, 0.29) is 0 Å². The summed E-state index contributed by atoms with van der Waals surface area (Å²) < 4.78 is 0. The molecular formula is C14H21N. The first-order chi connectivity index (χ1) is 7.20. The molecule has 1 heterocycles. The summed E-state index contributed by atoms with van der Waals surface area (Å²) in [5.74, 6) is 0.700. The van der Waals surface area contributed by atoms with Crippen molar-refractivity contribution in [2.75, 3.05) is 0 Å². The standard InChI is InChI=1S/C14H21N/c1-4-12-5-7-13(8-6-12)14-9-10(2)15-11(14)3/h5-8,10-11,14-15H,4,9H2,1-3H3. The van der Waals surface area contributed by atoms with Gasteiger partial charge in [0.25, 0.3) is 0 Å². The molecule has 2 rings (SSSR count). The molecule has 0 spiro atoms. The summed E-state index contributed by atoms with van der Waals surface area (Å²) in [7, 11) is 0. The van der Waals surface area contributed by atoms with E-state index in [0.29, 0.717) is 18.0 Å². The van der Waals surface area contributed by atoms with E-state index in [0.717, 1.165) is 6.42 Å². The first-order valence-electron chi connectivity index (χ1n) is 6.05. The van der Waals surface area contributed by atoms with Gasteiger partial charge in [-0.1, -0.05) is 31.2 Å². The highest BCUT2D eigenvalue weighted by Crippen LogP contribution is 2.30. The zero-order valence-corrected chi connectivity index (χ0v) is 9.96. The summed E-state index contributed by atoms with van der Waals surface area (Å²) in [6, 6.07) is 10.4.